The number of likely N-dealkylation sites (tertiary alicyclic amines) is 1. The fraction of sp³-hybridized carbons (Fsp3) is 0.400. The number of carbonyl (C=O) groups excluding carboxylic acids is 1. The van der Waals surface area contributed by atoms with Crippen LogP contribution >= 0.6 is 0 Å². The molecule has 5 rings (SSSR count). The Morgan fingerprint density at radius 3 is 3.04 bits per heavy atom. The highest BCUT2D eigenvalue weighted by molar-refractivity contribution is 6.05. The van der Waals surface area contributed by atoms with Crippen molar-refractivity contribution in [2.45, 2.75) is 31.6 Å². The topological polar surface area (TPSA) is 85.7 Å². The molecule has 4 heterocycles. The van der Waals surface area contributed by atoms with Crippen LogP contribution in [0.3, 0.4) is 0 Å². The SMILES string of the molecule is N#CC1(C(=O)N2CCCC(c3cc[nH]c4cnc5nccc5c34)C2)CC1. The molecule has 1 saturated heterocycles. The minimum Gasteiger partial charge on any atom is -0.360 e. The van der Waals surface area contributed by atoms with Crippen LogP contribution in [0.2, 0.25) is 0 Å². The number of pyridine rings is 2. The number of nitrogens with zero attached hydrogens (tertiary/aromatic N) is 4. The second-order valence-corrected chi connectivity index (χ2v) is 7.45. The average molecular weight is 345 g/mol. The van der Waals surface area contributed by atoms with Gasteiger partial charge in [0, 0.05) is 42.2 Å². The molecular formula is C20H19N5O. The van der Waals surface area contributed by atoms with Gasteiger partial charge in [-0.25, -0.2) is 9.97 Å². The number of nitriles is 1. The summed E-state index contributed by atoms with van der Waals surface area (Å²) in [4.78, 5) is 26.7. The van der Waals surface area contributed by atoms with Gasteiger partial charge in [0.2, 0.25) is 5.91 Å². The summed E-state index contributed by atoms with van der Waals surface area (Å²) >= 11 is 0. The van der Waals surface area contributed by atoms with E-state index >= 15 is 0 Å². The van der Waals surface area contributed by atoms with Crippen LogP contribution in [0.5, 0.6) is 0 Å². The predicted octanol–water partition coefficient (Wildman–Crippen LogP) is 3.12. The van der Waals surface area contributed by atoms with Crippen molar-refractivity contribution >= 4 is 27.8 Å². The molecule has 6 nitrogen and oxygen atoms in total. The van der Waals surface area contributed by atoms with E-state index in [1.54, 1.807) is 6.20 Å². The number of carbonyl (C=O) groups is 1. The lowest BCUT2D eigenvalue weighted by atomic mass is 9.87. The Balaban J connectivity index is 1.54. The molecule has 2 aliphatic rings. The first-order chi connectivity index (χ1) is 12.7. The van der Waals surface area contributed by atoms with E-state index in [9.17, 15) is 10.1 Å². The summed E-state index contributed by atoms with van der Waals surface area (Å²) in [5.74, 6) is 0.290. The van der Waals surface area contributed by atoms with E-state index in [0.717, 1.165) is 41.3 Å². The first-order valence-corrected chi connectivity index (χ1v) is 9.13. The van der Waals surface area contributed by atoms with Gasteiger partial charge in [-0.1, -0.05) is 0 Å². The highest BCUT2D eigenvalue weighted by atomic mass is 16.2. The third kappa shape index (κ3) is 2.20. The number of aromatic amines is 1. The fourth-order valence-corrected chi connectivity index (χ4v) is 4.24. The van der Waals surface area contributed by atoms with Crippen LogP contribution in [0, 0.1) is 16.7 Å². The van der Waals surface area contributed by atoms with Gasteiger partial charge in [0.1, 0.15) is 5.41 Å². The monoisotopic (exact) mass is 345 g/mol. The highest BCUT2D eigenvalue weighted by Gasteiger charge is 2.53. The molecule has 1 atom stereocenters. The molecule has 1 aliphatic heterocycles. The number of H-pyrrole nitrogens is 1. The second-order valence-electron chi connectivity index (χ2n) is 7.45. The van der Waals surface area contributed by atoms with Crippen molar-refractivity contribution < 1.29 is 4.79 Å². The standard InChI is InChI=1S/C20H19N5O/c21-12-20(5-6-20)19(26)25-9-1-2-13(11-25)14-3-7-22-16-10-24-18-15(17(14)16)4-8-23-18/h3-4,7-8,10,13,22H,1-2,5-6,9,11H2. The molecule has 0 aromatic carbocycles. The van der Waals surface area contributed by atoms with E-state index in [4.69, 9.17) is 0 Å². The van der Waals surface area contributed by atoms with Gasteiger partial charge >= 0.3 is 0 Å². The van der Waals surface area contributed by atoms with E-state index in [0.29, 0.717) is 19.4 Å². The maximum absolute atomic E-state index is 12.8. The summed E-state index contributed by atoms with van der Waals surface area (Å²) in [5.41, 5.74) is 2.24. The zero-order chi connectivity index (χ0) is 17.7. The van der Waals surface area contributed by atoms with E-state index in [1.807, 2.05) is 23.4 Å². The molecule has 1 amide bonds. The van der Waals surface area contributed by atoms with Crippen LogP contribution in [0.15, 0.2) is 30.7 Å². The van der Waals surface area contributed by atoms with E-state index in [1.165, 1.54) is 5.56 Å². The van der Waals surface area contributed by atoms with Crippen LogP contribution in [0.25, 0.3) is 21.9 Å². The molecule has 0 bridgehead atoms. The summed E-state index contributed by atoms with van der Waals surface area (Å²) in [5, 5.41) is 11.6. The molecule has 1 aliphatic carbocycles. The lowest BCUT2D eigenvalue weighted by Crippen LogP contribution is -2.42. The Kier molecular flexibility index (Phi) is 3.26. The number of amides is 1. The zero-order valence-corrected chi connectivity index (χ0v) is 14.4. The smallest absolute Gasteiger partial charge is 0.243 e. The lowest BCUT2D eigenvalue weighted by molar-refractivity contribution is -0.136. The van der Waals surface area contributed by atoms with Crippen molar-refractivity contribution in [1.82, 2.24) is 19.9 Å². The van der Waals surface area contributed by atoms with Crippen LogP contribution in [-0.4, -0.2) is 38.8 Å². The maximum Gasteiger partial charge on any atom is 0.243 e. The predicted molar refractivity (Wildman–Crippen MR) is 97.2 cm³/mol. The number of aromatic nitrogens is 3. The van der Waals surface area contributed by atoms with Gasteiger partial charge in [-0.3, -0.25) is 4.79 Å². The highest BCUT2D eigenvalue weighted by Crippen LogP contribution is 2.47. The van der Waals surface area contributed by atoms with Crippen LogP contribution in [0.1, 0.15) is 37.2 Å². The number of piperidine rings is 1. The molecule has 0 spiro atoms. The number of fused-ring (bicyclic) bond motifs is 3. The Morgan fingerprint density at radius 1 is 1.35 bits per heavy atom. The van der Waals surface area contributed by atoms with Crippen LogP contribution in [0.4, 0.5) is 0 Å². The first kappa shape index (κ1) is 15.3. The van der Waals surface area contributed by atoms with Crippen molar-refractivity contribution in [2.24, 2.45) is 5.41 Å². The summed E-state index contributed by atoms with van der Waals surface area (Å²) in [7, 11) is 0. The maximum atomic E-state index is 12.8. The minimum absolute atomic E-state index is 0.0262. The zero-order valence-electron chi connectivity index (χ0n) is 14.4. The molecule has 1 saturated carbocycles. The quantitative estimate of drug-likeness (QED) is 0.773. The van der Waals surface area contributed by atoms with Gasteiger partial charge in [-0.15, -0.1) is 0 Å². The molecule has 1 N–H and O–H groups in total. The van der Waals surface area contributed by atoms with Crippen molar-refractivity contribution in [3.05, 3.63) is 36.3 Å². The third-order valence-corrected chi connectivity index (χ3v) is 5.85. The second kappa shape index (κ2) is 5.53. The van der Waals surface area contributed by atoms with Crippen molar-refractivity contribution in [2.75, 3.05) is 13.1 Å². The van der Waals surface area contributed by atoms with Crippen molar-refractivity contribution in [1.29, 1.82) is 5.26 Å². The molecule has 3 aromatic rings. The summed E-state index contributed by atoms with van der Waals surface area (Å²) in [6, 6.07) is 6.36. The number of hydrogen-bond acceptors (Lipinski definition) is 4. The van der Waals surface area contributed by atoms with Gasteiger partial charge in [-0.05, 0) is 43.4 Å². The van der Waals surface area contributed by atoms with E-state index in [-0.39, 0.29) is 11.8 Å². The van der Waals surface area contributed by atoms with E-state index < -0.39 is 5.41 Å². The number of hydrogen-bond donors (Lipinski definition) is 1. The van der Waals surface area contributed by atoms with Gasteiger partial charge in [0.15, 0.2) is 5.65 Å². The molecule has 1 unspecified atom stereocenters. The van der Waals surface area contributed by atoms with Gasteiger partial charge < -0.3 is 9.88 Å². The molecule has 6 heteroatoms. The molecule has 2 fully saturated rings. The Morgan fingerprint density at radius 2 is 2.23 bits per heavy atom. The van der Waals surface area contributed by atoms with Gasteiger partial charge in [0.25, 0.3) is 0 Å². The largest absolute Gasteiger partial charge is 0.360 e. The number of nitrogens with one attached hydrogen (secondary N) is 1. The van der Waals surface area contributed by atoms with Gasteiger partial charge in [-0.2, -0.15) is 5.26 Å². The summed E-state index contributed by atoms with van der Waals surface area (Å²) in [6.45, 7) is 1.43. The van der Waals surface area contributed by atoms with Gasteiger partial charge in [0.05, 0.1) is 17.8 Å². The number of rotatable bonds is 2. The molecule has 130 valence electrons. The van der Waals surface area contributed by atoms with Crippen LogP contribution < -0.4 is 0 Å². The summed E-state index contributed by atoms with van der Waals surface area (Å²) < 4.78 is 0. The van der Waals surface area contributed by atoms with Crippen molar-refractivity contribution in [3.8, 4) is 6.07 Å². The Bertz CT molecular complexity index is 1060. The first-order valence-electron chi connectivity index (χ1n) is 9.13. The lowest BCUT2D eigenvalue weighted by Gasteiger charge is -2.34. The minimum atomic E-state index is -0.735. The van der Waals surface area contributed by atoms with E-state index in [2.05, 4.69) is 27.1 Å². The normalized spacial score (nSPS) is 21.7. The molecule has 0 radical (unpaired) electrons. The van der Waals surface area contributed by atoms with Crippen molar-refractivity contribution in [3.63, 3.8) is 0 Å². The molecular weight excluding hydrogens is 326 g/mol. The Labute approximate surface area is 150 Å². The fourth-order valence-electron chi connectivity index (χ4n) is 4.24. The summed E-state index contributed by atoms with van der Waals surface area (Å²) in [6.07, 6.45) is 8.98. The third-order valence-electron chi connectivity index (χ3n) is 5.85. The Hall–Kier alpha value is -2.94. The van der Waals surface area contributed by atoms with Crippen LogP contribution in [-0.2, 0) is 4.79 Å². The average Bonchev–Trinajstić information content (AvgIpc) is 3.35. The molecule has 26 heavy (non-hydrogen) atoms. The molecule has 3 aromatic heterocycles.